The summed E-state index contributed by atoms with van der Waals surface area (Å²) in [6.45, 7) is -0.503. The Balaban J connectivity index is 1.77. The van der Waals surface area contributed by atoms with Gasteiger partial charge in [0.2, 0.25) is 10.0 Å². The predicted molar refractivity (Wildman–Crippen MR) is 104 cm³/mol. The van der Waals surface area contributed by atoms with E-state index in [0.717, 1.165) is 34.6 Å². The number of aliphatic hydroxyl groups excluding tert-OH is 1. The number of halogens is 6. The van der Waals surface area contributed by atoms with Crippen LogP contribution in [0, 0.1) is 5.41 Å². The van der Waals surface area contributed by atoms with Crippen molar-refractivity contribution in [2.24, 2.45) is 5.41 Å². The minimum absolute atomic E-state index is 0.0713. The number of nitrogens with zero attached hydrogens (tertiary/aromatic N) is 1. The molecule has 0 spiro atoms. The van der Waals surface area contributed by atoms with Gasteiger partial charge in [0.15, 0.2) is 0 Å². The fraction of sp³-hybridized carbons (Fsp3) is 0.429. The number of benzene rings is 2. The van der Waals surface area contributed by atoms with Crippen LogP contribution >= 0.6 is 0 Å². The van der Waals surface area contributed by atoms with Gasteiger partial charge in [-0.3, -0.25) is 0 Å². The molecule has 0 aromatic heterocycles. The Kier molecular flexibility index (Phi) is 6.65. The number of rotatable bonds is 5. The maximum absolute atomic E-state index is 13.0. The van der Waals surface area contributed by atoms with Crippen LogP contribution in [0.3, 0.4) is 0 Å². The highest BCUT2D eigenvalue weighted by Gasteiger charge is 2.40. The maximum atomic E-state index is 13.0. The maximum Gasteiger partial charge on any atom is 0.416 e. The minimum atomic E-state index is -4.69. The molecule has 2 aromatic rings. The Morgan fingerprint density at radius 3 is 1.94 bits per heavy atom. The van der Waals surface area contributed by atoms with Gasteiger partial charge >= 0.3 is 12.4 Å². The first kappa shape index (κ1) is 24.5. The van der Waals surface area contributed by atoms with Crippen molar-refractivity contribution in [3.8, 4) is 0 Å². The summed E-state index contributed by atoms with van der Waals surface area (Å²) >= 11 is 0. The second-order valence-corrected chi connectivity index (χ2v) is 9.90. The second-order valence-electron chi connectivity index (χ2n) is 7.96. The Morgan fingerprint density at radius 2 is 1.41 bits per heavy atom. The molecule has 0 aliphatic carbocycles. The molecule has 1 aliphatic rings. The molecule has 4 nitrogen and oxygen atoms in total. The Labute approximate surface area is 181 Å². The zero-order valence-corrected chi connectivity index (χ0v) is 17.6. The average Bonchev–Trinajstić information content (AvgIpc) is 2.73. The molecule has 1 saturated heterocycles. The molecule has 11 heteroatoms. The zero-order valence-electron chi connectivity index (χ0n) is 16.7. The van der Waals surface area contributed by atoms with Gasteiger partial charge < -0.3 is 5.11 Å². The number of hydrogen-bond donors (Lipinski definition) is 1. The van der Waals surface area contributed by atoms with Crippen LogP contribution in [0.5, 0.6) is 0 Å². The molecule has 1 N–H and O–H groups in total. The normalized spacial score (nSPS) is 18.0. The number of sulfonamides is 1. The molecule has 1 aliphatic heterocycles. The van der Waals surface area contributed by atoms with Crippen molar-refractivity contribution in [1.29, 1.82) is 0 Å². The van der Waals surface area contributed by atoms with E-state index >= 15 is 0 Å². The fourth-order valence-electron chi connectivity index (χ4n) is 3.86. The predicted octanol–water partition coefficient (Wildman–Crippen LogP) is 4.73. The van der Waals surface area contributed by atoms with Crippen molar-refractivity contribution >= 4 is 10.0 Å². The van der Waals surface area contributed by atoms with Crippen LogP contribution in [0.25, 0.3) is 0 Å². The standard InChI is InChI=1S/C21H21F6NO3S/c22-20(23,24)16-4-1-3-15(11-16)13-19(14-29)7-9-28(10-8-19)32(30,31)18-6-2-5-17(12-18)21(25,26)27/h1-6,11-12,29H,7-10,13-14H2. The van der Waals surface area contributed by atoms with E-state index in [9.17, 15) is 39.9 Å². The van der Waals surface area contributed by atoms with E-state index in [-0.39, 0.29) is 39.0 Å². The smallest absolute Gasteiger partial charge is 0.396 e. The highest BCUT2D eigenvalue weighted by molar-refractivity contribution is 7.89. The van der Waals surface area contributed by atoms with Crippen LogP contribution in [0.15, 0.2) is 53.4 Å². The number of hydrogen-bond acceptors (Lipinski definition) is 3. The third-order valence-electron chi connectivity index (χ3n) is 5.75. The first-order chi connectivity index (χ1) is 14.8. The third kappa shape index (κ3) is 5.26. The Hall–Kier alpha value is -2.11. The Morgan fingerprint density at radius 1 is 0.875 bits per heavy atom. The summed E-state index contributed by atoms with van der Waals surface area (Å²) in [5.41, 5.74) is -2.36. The summed E-state index contributed by atoms with van der Waals surface area (Å²) in [7, 11) is -4.20. The van der Waals surface area contributed by atoms with Crippen molar-refractivity contribution in [2.75, 3.05) is 19.7 Å². The van der Waals surface area contributed by atoms with Crippen molar-refractivity contribution in [3.63, 3.8) is 0 Å². The number of piperidine rings is 1. The lowest BCUT2D eigenvalue weighted by Gasteiger charge is -2.40. The van der Waals surface area contributed by atoms with Crippen LogP contribution in [-0.4, -0.2) is 37.5 Å². The van der Waals surface area contributed by atoms with E-state index in [1.54, 1.807) is 0 Å². The lowest BCUT2D eigenvalue weighted by atomic mass is 9.75. The molecule has 32 heavy (non-hydrogen) atoms. The summed E-state index contributed by atoms with van der Waals surface area (Å²) in [5, 5.41) is 9.95. The molecule has 0 amide bonds. The highest BCUT2D eigenvalue weighted by atomic mass is 32.2. The number of alkyl halides is 6. The second kappa shape index (κ2) is 8.68. The molecule has 0 atom stereocenters. The van der Waals surface area contributed by atoms with Crippen molar-refractivity contribution in [2.45, 2.75) is 36.5 Å². The van der Waals surface area contributed by atoms with Gasteiger partial charge in [0.05, 0.1) is 16.0 Å². The molecule has 2 aromatic carbocycles. The lowest BCUT2D eigenvalue weighted by Crippen LogP contribution is -2.45. The van der Waals surface area contributed by atoms with E-state index < -0.39 is 43.8 Å². The molecule has 1 fully saturated rings. The topological polar surface area (TPSA) is 57.6 Å². The summed E-state index contributed by atoms with van der Waals surface area (Å²) < 4.78 is 105. The van der Waals surface area contributed by atoms with Gasteiger partial charge in [0.1, 0.15) is 0 Å². The number of aliphatic hydroxyl groups is 1. The molecular formula is C21H21F6NO3S. The molecule has 3 rings (SSSR count). The van der Waals surface area contributed by atoms with E-state index in [1.165, 1.54) is 12.1 Å². The molecule has 1 heterocycles. The van der Waals surface area contributed by atoms with Crippen LogP contribution < -0.4 is 0 Å². The summed E-state index contributed by atoms with van der Waals surface area (Å²) in [6, 6.07) is 8.19. The largest absolute Gasteiger partial charge is 0.416 e. The van der Waals surface area contributed by atoms with Crippen LogP contribution in [0.4, 0.5) is 26.3 Å². The van der Waals surface area contributed by atoms with E-state index in [1.807, 2.05) is 0 Å². The van der Waals surface area contributed by atoms with Crippen molar-refractivity contribution < 1.29 is 39.9 Å². The zero-order chi connectivity index (χ0) is 23.8. The van der Waals surface area contributed by atoms with E-state index in [4.69, 9.17) is 0 Å². The lowest BCUT2D eigenvalue weighted by molar-refractivity contribution is -0.138. The Bertz CT molecular complexity index is 1060. The van der Waals surface area contributed by atoms with Crippen molar-refractivity contribution in [1.82, 2.24) is 4.31 Å². The average molecular weight is 481 g/mol. The summed E-state index contributed by atoms with van der Waals surface area (Å²) in [6.07, 6.45) is -8.78. The van der Waals surface area contributed by atoms with Gasteiger partial charge in [0.25, 0.3) is 0 Å². The summed E-state index contributed by atoms with van der Waals surface area (Å²) in [5.74, 6) is 0. The molecular weight excluding hydrogens is 460 g/mol. The summed E-state index contributed by atoms with van der Waals surface area (Å²) in [4.78, 5) is -0.485. The fourth-order valence-corrected chi connectivity index (χ4v) is 5.35. The first-order valence-electron chi connectivity index (χ1n) is 9.71. The highest BCUT2D eigenvalue weighted by Crippen LogP contribution is 2.38. The van der Waals surface area contributed by atoms with Gasteiger partial charge in [-0.15, -0.1) is 0 Å². The van der Waals surface area contributed by atoms with Gasteiger partial charge in [0, 0.05) is 19.7 Å². The van der Waals surface area contributed by atoms with Gasteiger partial charge in [-0.05, 0) is 54.5 Å². The van der Waals surface area contributed by atoms with Crippen LogP contribution in [0.2, 0.25) is 0 Å². The van der Waals surface area contributed by atoms with Gasteiger partial charge in [-0.1, -0.05) is 24.3 Å². The van der Waals surface area contributed by atoms with Crippen LogP contribution in [-0.2, 0) is 28.8 Å². The van der Waals surface area contributed by atoms with Gasteiger partial charge in [-0.25, -0.2) is 8.42 Å². The van der Waals surface area contributed by atoms with Crippen LogP contribution in [0.1, 0.15) is 29.5 Å². The molecule has 176 valence electrons. The van der Waals surface area contributed by atoms with E-state index in [0.29, 0.717) is 11.6 Å². The molecule has 0 radical (unpaired) electrons. The van der Waals surface area contributed by atoms with Crippen molar-refractivity contribution in [3.05, 3.63) is 65.2 Å². The minimum Gasteiger partial charge on any atom is -0.396 e. The van der Waals surface area contributed by atoms with E-state index in [2.05, 4.69) is 0 Å². The SMILES string of the molecule is O=S(=O)(c1cccc(C(F)(F)F)c1)N1CCC(CO)(Cc2cccc(C(F)(F)F)c2)CC1. The quantitative estimate of drug-likeness (QED) is 0.629. The van der Waals surface area contributed by atoms with Gasteiger partial charge in [-0.2, -0.15) is 30.6 Å². The molecule has 0 saturated carbocycles. The monoisotopic (exact) mass is 481 g/mol. The molecule has 0 unspecified atom stereocenters. The molecule has 0 bridgehead atoms. The first-order valence-corrected chi connectivity index (χ1v) is 11.2. The third-order valence-corrected chi connectivity index (χ3v) is 7.65.